The van der Waals surface area contributed by atoms with E-state index in [0.29, 0.717) is 24.1 Å². The first kappa shape index (κ1) is 19.8. The van der Waals surface area contributed by atoms with E-state index in [0.717, 1.165) is 0 Å². The molecule has 1 heterocycles. The van der Waals surface area contributed by atoms with Crippen LogP contribution in [-0.2, 0) is 16.1 Å². The number of carbonyl (C=O) groups excluding carboxylic acids is 1. The van der Waals surface area contributed by atoms with Gasteiger partial charge in [0.15, 0.2) is 5.82 Å². The van der Waals surface area contributed by atoms with Gasteiger partial charge in [-0.25, -0.2) is 0 Å². The van der Waals surface area contributed by atoms with Gasteiger partial charge in [0.05, 0.1) is 12.6 Å². The van der Waals surface area contributed by atoms with Crippen LogP contribution in [0.25, 0.3) is 0 Å². The molecule has 0 radical (unpaired) electrons. The van der Waals surface area contributed by atoms with Gasteiger partial charge < -0.3 is 19.9 Å². The van der Waals surface area contributed by atoms with E-state index in [4.69, 9.17) is 15.0 Å². The third-order valence-electron chi connectivity index (χ3n) is 2.99. The summed E-state index contributed by atoms with van der Waals surface area (Å²) in [5.41, 5.74) is 5.87. The highest BCUT2D eigenvalue weighted by molar-refractivity contribution is 5.85. The summed E-state index contributed by atoms with van der Waals surface area (Å²) in [7, 11) is 3.24. The molecule has 1 aromatic rings. The Morgan fingerprint density at radius 1 is 1.43 bits per heavy atom. The maximum absolute atomic E-state index is 12.1. The molecule has 1 amide bonds. The van der Waals surface area contributed by atoms with Crippen molar-refractivity contribution in [2.45, 2.75) is 45.9 Å². The molecule has 7 nitrogen and oxygen atoms in total. The smallest absolute Gasteiger partial charge is 0.246 e. The number of likely N-dealkylation sites (N-methyl/N-ethyl adjacent to an activating group) is 1. The predicted molar refractivity (Wildman–Crippen MR) is 80.9 cm³/mol. The number of halogens is 1. The lowest BCUT2D eigenvalue weighted by atomic mass is 10.0. The number of rotatable bonds is 7. The number of aromatic nitrogens is 2. The van der Waals surface area contributed by atoms with Gasteiger partial charge in [-0.1, -0.05) is 19.0 Å². The maximum atomic E-state index is 12.1. The molecule has 0 aliphatic carbocycles. The highest BCUT2D eigenvalue weighted by Crippen LogP contribution is 2.13. The minimum atomic E-state index is -0.500. The molecule has 0 saturated heterocycles. The van der Waals surface area contributed by atoms with E-state index in [1.54, 1.807) is 14.2 Å². The van der Waals surface area contributed by atoms with Crippen molar-refractivity contribution in [1.29, 1.82) is 0 Å². The minimum Gasteiger partial charge on any atom is -0.374 e. The van der Waals surface area contributed by atoms with Gasteiger partial charge in [0.25, 0.3) is 0 Å². The van der Waals surface area contributed by atoms with Crippen molar-refractivity contribution in [2.24, 2.45) is 11.7 Å². The lowest BCUT2D eigenvalue weighted by Crippen LogP contribution is -2.42. The van der Waals surface area contributed by atoms with Gasteiger partial charge in [-0.2, -0.15) is 4.98 Å². The molecule has 122 valence electrons. The first-order valence-electron chi connectivity index (χ1n) is 6.71. The molecule has 0 aliphatic heterocycles. The Labute approximate surface area is 131 Å². The molecule has 0 fully saturated rings. The molecule has 21 heavy (non-hydrogen) atoms. The molecule has 1 aromatic heterocycles. The van der Waals surface area contributed by atoms with E-state index in [2.05, 4.69) is 10.1 Å². The van der Waals surface area contributed by atoms with E-state index < -0.39 is 6.04 Å². The summed E-state index contributed by atoms with van der Waals surface area (Å²) in [6.07, 6.45) is 0.413. The number of methoxy groups -OCH3 is 1. The average Bonchev–Trinajstić information content (AvgIpc) is 2.84. The second-order valence-electron chi connectivity index (χ2n) is 5.35. The third-order valence-corrected chi connectivity index (χ3v) is 2.99. The summed E-state index contributed by atoms with van der Waals surface area (Å²) < 4.78 is 10.2. The van der Waals surface area contributed by atoms with Gasteiger partial charge >= 0.3 is 0 Å². The third kappa shape index (κ3) is 5.99. The Morgan fingerprint density at radius 3 is 2.57 bits per heavy atom. The van der Waals surface area contributed by atoms with Gasteiger partial charge in [-0.05, 0) is 19.3 Å². The summed E-state index contributed by atoms with van der Waals surface area (Å²) in [5, 5.41) is 3.81. The summed E-state index contributed by atoms with van der Waals surface area (Å²) in [6, 6.07) is -0.500. The number of nitrogens with two attached hydrogens (primary N) is 1. The van der Waals surface area contributed by atoms with Crippen LogP contribution in [-0.4, -0.2) is 41.1 Å². The summed E-state index contributed by atoms with van der Waals surface area (Å²) in [6.45, 7) is 6.13. The van der Waals surface area contributed by atoms with Crippen molar-refractivity contribution in [3.05, 3.63) is 11.7 Å². The fourth-order valence-corrected chi connectivity index (χ4v) is 1.78. The lowest BCUT2D eigenvalue weighted by Gasteiger charge is -2.20. The number of ether oxygens (including phenoxy) is 1. The van der Waals surface area contributed by atoms with Gasteiger partial charge in [0.1, 0.15) is 6.10 Å². The van der Waals surface area contributed by atoms with Gasteiger partial charge in [0, 0.05) is 14.2 Å². The first-order valence-corrected chi connectivity index (χ1v) is 6.71. The van der Waals surface area contributed by atoms with Crippen LogP contribution in [0, 0.1) is 5.92 Å². The molecule has 8 heteroatoms. The van der Waals surface area contributed by atoms with Crippen molar-refractivity contribution in [1.82, 2.24) is 15.0 Å². The molecule has 2 N–H and O–H groups in total. The molecule has 0 spiro atoms. The van der Waals surface area contributed by atoms with E-state index >= 15 is 0 Å². The second kappa shape index (κ2) is 8.96. The highest BCUT2D eigenvalue weighted by atomic mass is 35.5. The zero-order valence-electron chi connectivity index (χ0n) is 13.2. The van der Waals surface area contributed by atoms with Crippen molar-refractivity contribution in [3.8, 4) is 0 Å². The molecule has 0 aromatic carbocycles. The molecular formula is C13H25ClN4O3. The van der Waals surface area contributed by atoms with Crippen LogP contribution in [0.3, 0.4) is 0 Å². The van der Waals surface area contributed by atoms with Crippen molar-refractivity contribution in [3.63, 3.8) is 0 Å². The quantitative estimate of drug-likeness (QED) is 0.818. The summed E-state index contributed by atoms with van der Waals surface area (Å²) in [5.74, 6) is 1.09. The molecule has 0 saturated carbocycles. The number of hydrogen-bond donors (Lipinski definition) is 1. The molecule has 2 atom stereocenters. The Morgan fingerprint density at radius 2 is 2.05 bits per heavy atom. The zero-order chi connectivity index (χ0) is 15.3. The Bertz CT molecular complexity index is 439. The normalized spacial score (nSPS) is 13.7. The van der Waals surface area contributed by atoms with E-state index in [-0.39, 0.29) is 31.0 Å². The van der Waals surface area contributed by atoms with Crippen LogP contribution in [0.2, 0.25) is 0 Å². The van der Waals surface area contributed by atoms with Crippen LogP contribution in [0.5, 0.6) is 0 Å². The topological polar surface area (TPSA) is 94.5 Å². The van der Waals surface area contributed by atoms with E-state index in [1.165, 1.54) is 4.90 Å². The fraction of sp³-hybridized carbons (Fsp3) is 0.769. The summed E-state index contributed by atoms with van der Waals surface area (Å²) in [4.78, 5) is 17.8. The minimum absolute atomic E-state index is 0. The van der Waals surface area contributed by atoms with Gasteiger partial charge in [-0.15, -0.1) is 12.4 Å². The van der Waals surface area contributed by atoms with Crippen LogP contribution in [0.1, 0.15) is 45.0 Å². The SMILES string of the molecule is COC(C)c1noc(CN(C)C(=O)[C@@H](N)CC(C)C)n1.Cl. The molecule has 1 unspecified atom stereocenters. The fourth-order valence-electron chi connectivity index (χ4n) is 1.78. The molecular weight excluding hydrogens is 296 g/mol. The van der Waals surface area contributed by atoms with Crippen molar-refractivity contribution < 1.29 is 14.1 Å². The number of amides is 1. The van der Waals surface area contributed by atoms with Crippen LogP contribution in [0.4, 0.5) is 0 Å². The van der Waals surface area contributed by atoms with E-state index in [1.807, 2.05) is 20.8 Å². The first-order chi connectivity index (χ1) is 9.35. The van der Waals surface area contributed by atoms with Crippen LogP contribution in [0.15, 0.2) is 4.52 Å². The largest absolute Gasteiger partial charge is 0.374 e. The maximum Gasteiger partial charge on any atom is 0.246 e. The average molecular weight is 321 g/mol. The predicted octanol–water partition coefficient (Wildman–Crippen LogP) is 1.53. The Balaban J connectivity index is 0.00000400. The Hall–Kier alpha value is -1.18. The van der Waals surface area contributed by atoms with Crippen LogP contribution >= 0.6 is 12.4 Å². The Kier molecular flexibility index (Phi) is 8.46. The monoisotopic (exact) mass is 320 g/mol. The zero-order valence-corrected chi connectivity index (χ0v) is 14.0. The summed E-state index contributed by atoms with van der Waals surface area (Å²) >= 11 is 0. The van der Waals surface area contributed by atoms with Crippen molar-refractivity contribution in [2.75, 3.05) is 14.2 Å². The van der Waals surface area contributed by atoms with Gasteiger partial charge in [-0.3, -0.25) is 4.79 Å². The number of carbonyl (C=O) groups is 1. The molecule has 1 rings (SSSR count). The van der Waals surface area contributed by atoms with Gasteiger partial charge in [0.2, 0.25) is 11.8 Å². The number of nitrogens with zero attached hydrogens (tertiary/aromatic N) is 3. The molecule has 0 bridgehead atoms. The van der Waals surface area contributed by atoms with Crippen LogP contribution < -0.4 is 5.73 Å². The lowest BCUT2D eigenvalue weighted by molar-refractivity contribution is -0.132. The van der Waals surface area contributed by atoms with E-state index in [9.17, 15) is 4.79 Å². The van der Waals surface area contributed by atoms with Crippen molar-refractivity contribution >= 4 is 18.3 Å². The standard InChI is InChI=1S/C13H24N4O3.ClH/c1-8(2)6-10(14)13(18)17(4)7-11-15-12(16-20-11)9(3)19-5;/h8-10H,6-7,14H2,1-5H3;1H/t9?,10-;/m0./s1. The number of hydrogen-bond acceptors (Lipinski definition) is 6. The highest BCUT2D eigenvalue weighted by Gasteiger charge is 2.21. The molecule has 0 aliphatic rings. The second-order valence-corrected chi connectivity index (χ2v) is 5.35.